The van der Waals surface area contributed by atoms with Crippen LogP contribution in [0.5, 0.6) is 0 Å². The smallest absolute Gasteiger partial charge is 0.295 e. The highest BCUT2D eigenvalue weighted by Crippen LogP contribution is 2.45. The van der Waals surface area contributed by atoms with Crippen LogP contribution in [0.15, 0.2) is 303 Å². The SMILES string of the molecule is Cc1c(-c2cc(C)c3c(C)cccc3[n+]2C)ccc2c1oc1ccc3ccccc3c12.Cc1c(-c2cc(C)c3c(C)cccc3[n+]2C)ccc2c1oc1ccc3ccccc3c12.Cc1c(-c2ccc3ccccc3[n+]2C)ccc2c1oc1ccc3ccccc3c12.Cc1cc(-c2ccc3c(oc4ccc5ccccc5c43)c2C)[n+](C)c(C)n1. The Hall–Kier alpha value is -14.2. The van der Waals surface area contributed by atoms with Gasteiger partial charge in [-0.25, -0.2) is 4.57 Å². The van der Waals surface area contributed by atoms with E-state index in [-0.39, 0.29) is 0 Å². The molecule has 23 rings (SSSR count). The van der Waals surface area contributed by atoms with Gasteiger partial charge in [0.2, 0.25) is 33.6 Å². The number of hydrogen-bond acceptors (Lipinski definition) is 5. The summed E-state index contributed by atoms with van der Waals surface area (Å²) in [6, 6.07) is 102. The normalized spacial score (nSPS) is 11.8. The van der Waals surface area contributed by atoms with Gasteiger partial charge in [0.25, 0.3) is 5.82 Å². The second-order valence-electron chi connectivity index (χ2n) is 32.2. The van der Waals surface area contributed by atoms with Crippen LogP contribution in [-0.4, -0.2) is 4.98 Å². The fraction of sp³-hybridized carbons (Fsp3) is 0.128. The summed E-state index contributed by atoms with van der Waals surface area (Å²) in [5.74, 6) is 1.00. The lowest BCUT2D eigenvalue weighted by Gasteiger charge is -2.10. The van der Waals surface area contributed by atoms with E-state index in [0.29, 0.717) is 0 Å². The van der Waals surface area contributed by atoms with Crippen molar-refractivity contribution in [2.24, 2.45) is 28.2 Å². The predicted molar refractivity (Wildman–Crippen MR) is 489 cm³/mol. The minimum atomic E-state index is 0.940. The molecule has 118 heavy (non-hydrogen) atoms. The van der Waals surface area contributed by atoms with Gasteiger partial charge in [-0.15, -0.1) is 0 Å². The maximum atomic E-state index is 6.42. The molecule has 0 fully saturated rings. The lowest BCUT2D eigenvalue weighted by molar-refractivity contribution is -0.670. The van der Waals surface area contributed by atoms with Gasteiger partial charge in [-0.05, 0) is 206 Å². The van der Waals surface area contributed by atoms with E-state index in [1.807, 2.05) is 13.8 Å². The summed E-state index contributed by atoms with van der Waals surface area (Å²) >= 11 is 0. The fourth-order valence-electron chi connectivity index (χ4n) is 19.2. The first kappa shape index (κ1) is 72.8. The van der Waals surface area contributed by atoms with Gasteiger partial charge in [-0.2, -0.15) is 13.7 Å². The lowest BCUT2D eigenvalue weighted by Crippen LogP contribution is -2.36. The molecule has 0 saturated carbocycles. The summed E-state index contributed by atoms with van der Waals surface area (Å²) < 4.78 is 34.6. The van der Waals surface area contributed by atoms with Crippen LogP contribution < -0.4 is 18.3 Å². The van der Waals surface area contributed by atoms with Gasteiger partial charge in [0.15, 0.2) is 5.69 Å². The van der Waals surface area contributed by atoms with Crippen molar-refractivity contribution < 1.29 is 35.9 Å². The van der Waals surface area contributed by atoms with Gasteiger partial charge < -0.3 is 17.7 Å². The molecule has 15 aromatic carbocycles. The Morgan fingerprint density at radius 3 is 0.881 bits per heavy atom. The zero-order valence-electron chi connectivity index (χ0n) is 69.0. The number of fused-ring (bicyclic) bond motifs is 23. The lowest BCUT2D eigenvalue weighted by atomic mass is 9.96. The minimum Gasteiger partial charge on any atom is -0.456 e. The molecule has 0 N–H and O–H groups in total. The molecule has 0 radical (unpaired) electrons. The van der Waals surface area contributed by atoms with Gasteiger partial charge in [-0.1, -0.05) is 163 Å². The van der Waals surface area contributed by atoms with Gasteiger partial charge >= 0.3 is 0 Å². The second kappa shape index (κ2) is 28.4. The van der Waals surface area contributed by atoms with Gasteiger partial charge in [0.1, 0.15) is 71.5 Å². The van der Waals surface area contributed by atoms with Crippen LogP contribution in [0.1, 0.15) is 56.0 Å². The Labute approximate surface area is 683 Å². The van der Waals surface area contributed by atoms with Gasteiger partial charge in [0, 0.05) is 133 Å². The molecular formula is C109H89N5O4+4. The maximum absolute atomic E-state index is 6.42. The monoisotopic (exact) mass is 1530 g/mol. The van der Waals surface area contributed by atoms with Gasteiger partial charge in [0.05, 0.1) is 34.5 Å². The van der Waals surface area contributed by atoms with Crippen molar-refractivity contribution in [3.8, 4) is 45.0 Å². The van der Waals surface area contributed by atoms with Crippen molar-refractivity contribution in [2.45, 2.75) is 69.2 Å². The summed E-state index contributed by atoms with van der Waals surface area (Å²) in [5, 5.41) is 23.4. The molecule has 0 amide bonds. The molecule has 0 aliphatic heterocycles. The van der Waals surface area contributed by atoms with E-state index in [1.165, 1.54) is 197 Å². The third-order valence-electron chi connectivity index (χ3n) is 25.3. The van der Waals surface area contributed by atoms with E-state index in [1.54, 1.807) is 0 Å². The van der Waals surface area contributed by atoms with Crippen molar-refractivity contribution in [3.63, 3.8) is 0 Å². The molecule has 8 heterocycles. The quantitative estimate of drug-likeness (QED) is 0.164. The van der Waals surface area contributed by atoms with Crippen molar-refractivity contribution in [1.29, 1.82) is 0 Å². The first-order valence-electron chi connectivity index (χ1n) is 40.7. The van der Waals surface area contributed by atoms with E-state index < -0.39 is 0 Å². The molecule has 0 aliphatic rings. The third kappa shape index (κ3) is 11.7. The standard InChI is InChI=1S/2C29H24NO.C27H20NO.C24H21N2O/c2*1-17-8-7-11-24-27(17)18(2)16-25(30(24)4)21-13-14-23-28-22-10-6-5-9-20(22)12-15-26(28)31-29(23)19(21)3;1-17-20(24-15-11-19-8-4-6-10-23(19)28(24)2)13-14-22-26-21-9-5-3-7-18(21)12-16-25(26)29-27(17)22;1-14-13-21(26(4)16(3)25-14)18-10-11-20-23-19-8-6-5-7-17(19)9-12-22(23)27-24(20)15(18)2/h2*5-16H,1-4H3;3-16H,1-2H3;5-13H,1-4H3/q4*+1. The molecular weight excluding hydrogens is 1440 g/mol. The molecule has 0 spiro atoms. The Balaban J connectivity index is 0.000000101. The summed E-state index contributed by atoms with van der Waals surface area (Å²) in [6.45, 7) is 21.5. The van der Waals surface area contributed by atoms with Crippen molar-refractivity contribution in [2.75, 3.05) is 0 Å². The van der Waals surface area contributed by atoms with Crippen molar-refractivity contribution in [3.05, 3.63) is 341 Å². The van der Waals surface area contributed by atoms with Crippen LogP contribution in [0.25, 0.3) is 209 Å². The zero-order valence-corrected chi connectivity index (χ0v) is 69.0. The topological polar surface area (TPSA) is 81.0 Å². The molecule has 9 nitrogen and oxygen atoms in total. The highest BCUT2D eigenvalue weighted by molar-refractivity contribution is 6.23. The second-order valence-corrected chi connectivity index (χ2v) is 32.2. The number of nitrogens with zero attached hydrogens (tertiary/aromatic N) is 5. The molecule has 9 heteroatoms. The molecule has 8 aromatic heterocycles. The summed E-state index contributed by atoms with van der Waals surface area (Å²) in [4.78, 5) is 4.56. The van der Waals surface area contributed by atoms with E-state index in [4.69, 9.17) is 17.7 Å². The Morgan fingerprint density at radius 2 is 0.517 bits per heavy atom. The van der Waals surface area contributed by atoms with Crippen LogP contribution in [0, 0.1) is 69.2 Å². The Morgan fingerprint density at radius 1 is 0.220 bits per heavy atom. The number of rotatable bonds is 4. The van der Waals surface area contributed by atoms with E-state index in [9.17, 15) is 0 Å². The van der Waals surface area contributed by atoms with Gasteiger partial charge in [-0.3, -0.25) is 0 Å². The first-order chi connectivity index (χ1) is 57.3. The summed E-state index contributed by atoms with van der Waals surface area (Å²) in [6.07, 6.45) is 0. The van der Waals surface area contributed by atoms with Crippen LogP contribution in [0.3, 0.4) is 0 Å². The average Bonchev–Trinajstić information content (AvgIpc) is 1.55. The number of benzene rings is 15. The largest absolute Gasteiger partial charge is 0.456 e. The van der Waals surface area contributed by atoms with E-state index >= 15 is 0 Å². The molecule has 0 bridgehead atoms. The molecule has 0 atom stereocenters. The van der Waals surface area contributed by atoms with E-state index in [2.05, 4.69) is 392 Å². The highest BCUT2D eigenvalue weighted by atomic mass is 16.3. The zero-order chi connectivity index (χ0) is 80.8. The van der Waals surface area contributed by atoms with Crippen molar-refractivity contribution in [1.82, 2.24) is 4.98 Å². The molecule has 23 aromatic rings. The van der Waals surface area contributed by atoms with Crippen LogP contribution in [0.4, 0.5) is 0 Å². The maximum Gasteiger partial charge on any atom is 0.295 e. The molecule has 0 aliphatic carbocycles. The van der Waals surface area contributed by atoms with Crippen LogP contribution in [0.2, 0.25) is 0 Å². The number of aromatic nitrogens is 5. The number of pyridine rings is 3. The number of para-hydroxylation sites is 1. The highest BCUT2D eigenvalue weighted by Gasteiger charge is 2.28. The summed E-state index contributed by atoms with van der Waals surface area (Å²) in [5.41, 5.74) is 31.9. The number of hydrogen-bond donors (Lipinski definition) is 0. The minimum absolute atomic E-state index is 0.940. The first-order valence-corrected chi connectivity index (χ1v) is 40.7. The van der Waals surface area contributed by atoms with Crippen LogP contribution in [-0.2, 0) is 28.2 Å². The fourth-order valence-corrected chi connectivity index (χ4v) is 19.2. The van der Waals surface area contributed by atoms with Crippen molar-refractivity contribution >= 4 is 164 Å². The average molecular weight is 1530 g/mol. The number of furan rings is 4. The number of aryl methyl sites for hydroxylation is 13. The third-order valence-corrected chi connectivity index (χ3v) is 25.3. The summed E-state index contributed by atoms with van der Waals surface area (Å²) in [7, 11) is 8.51. The van der Waals surface area contributed by atoms with E-state index in [0.717, 1.165) is 67.4 Å². The predicted octanol–water partition coefficient (Wildman–Crippen LogP) is 26.9. The van der Waals surface area contributed by atoms with Crippen LogP contribution >= 0.6 is 0 Å². The molecule has 570 valence electrons. The Kier molecular flexibility index (Phi) is 17.5. The Bertz CT molecular complexity index is 7940. The molecule has 0 saturated heterocycles. The molecule has 0 unspecified atom stereocenters.